The summed E-state index contributed by atoms with van der Waals surface area (Å²) in [4.78, 5) is 15.2. The van der Waals surface area contributed by atoms with Crippen LogP contribution in [0.4, 0.5) is 15.8 Å². The molecular weight excluding hydrogens is 289 g/mol. The highest BCUT2D eigenvalue weighted by Gasteiger charge is 2.16. The Bertz CT molecular complexity index is 615. The van der Waals surface area contributed by atoms with Crippen LogP contribution in [0.3, 0.4) is 0 Å². The first kappa shape index (κ1) is 15.5. The summed E-state index contributed by atoms with van der Waals surface area (Å²) >= 11 is 1.65. The SMILES string of the molecule is CC(c1cccs1)N(C)CC(=O)Nc1cc(F)ccc1N. The fraction of sp³-hybridized carbons (Fsp3) is 0.267. The van der Waals surface area contributed by atoms with Crippen molar-refractivity contribution >= 4 is 28.6 Å². The lowest BCUT2D eigenvalue weighted by atomic mass is 10.2. The van der Waals surface area contributed by atoms with E-state index in [1.54, 1.807) is 11.3 Å². The Kier molecular flexibility index (Phi) is 4.93. The zero-order valence-corrected chi connectivity index (χ0v) is 12.8. The fourth-order valence-corrected chi connectivity index (χ4v) is 2.78. The van der Waals surface area contributed by atoms with Gasteiger partial charge in [-0.2, -0.15) is 0 Å². The summed E-state index contributed by atoms with van der Waals surface area (Å²) in [6.07, 6.45) is 0. The number of thiophene rings is 1. The zero-order valence-electron chi connectivity index (χ0n) is 12.0. The summed E-state index contributed by atoms with van der Waals surface area (Å²) in [6.45, 7) is 2.24. The lowest BCUT2D eigenvalue weighted by molar-refractivity contribution is -0.117. The maximum atomic E-state index is 13.2. The highest BCUT2D eigenvalue weighted by Crippen LogP contribution is 2.23. The van der Waals surface area contributed by atoms with E-state index in [1.165, 1.54) is 23.1 Å². The van der Waals surface area contributed by atoms with Gasteiger partial charge in [0, 0.05) is 10.9 Å². The molecule has 0 fully saturated rings. The Balaban J connectivity index is 1.96. The topological polar surface area (TPSA) is 58.4 Å². The number of nitrogens with one attached hydrogen (secondary N) is 1. The van der Waals surface area contributed by atoms with E-state index >= 15 is 0 Å². The Morgan fingerprint density at radius 2 is 2.24 bits per heavy atom. The molecule has 112 valence electrons. The van der Waals surface area contributed by atoms with E-state index < -0.39 is 5.82 Å². The van der Waals surface area contributed by atoms with Crippen LogP contribution in [0.25, 0.3) is 0 Å². The number of nitrogens with two attached hydrogens (primary N) is 1. The van der Waals surface area contributed by atoms with Crippen LogP contribution in [-0.4, -0.2) is 24.4 Å². The van der Waals surface area contributed by atoms with Crippen molar-refractivity contribution in [2.75, 3.05) is 24.6 Å². The van der Waals surface area contributed by atoms with Crippen molar-refractivity contribution in [1.29, 1.82) is 0 Å². The lowest BCUT2D eigenvalue weighted by Gasteiger charge is -2.23. The van der Waals surface area contributed by atoms with Gasteiger partial charge in [0.15, 0.2) is 0 Å². The van der Waals surface area contributed by atoms with Crippen molar-refractivity contribution in [2.24, 2.45) is 0 Å². The molecule has 1 heterocycles. The maximum Gasteiger partial charge on any atom is 0.238 e. The molecule has 4 nitrogen and oxygen atoms in total. The van der Waals surface area contributed by atoms with Gasteiger partial charge in [-0.1, -0.05) is 6.07 Å². The molecule has 21 heavy (non-hydrogen) atoms. The van der Waals surface area contributed by atoms with Gasteiger partial charge >= 0.3 is 0 Å². The van der Waals surface area contributed by atoms with Crippen molar-refractivity contribution in [3.05, 3.63) is 46.4 Å². The number of benzene rings is 1. The average Bonchev–Trinajstić information content (AvgIpc) is 2.96. The number of carbonyl (C=O) groups is 1. The van der Waals surface area contributed by atoms with Gasteiger partial charge in [-0.05, 0) is 43.6 Å². The molecule has 2 aromatic rings. The summed E-state index contributed by atoms with van der Waals surface area (Å²) in [5, 5.41) is 4.65. The number of carbonyl (C=O) groups excluding carboxylic acids is 1. The molecule has 1 aromatic heterocycles. The molecule has 0 spiro atoms. The second-order valence-corrected chi connectivity index (χ2v) is 5.87. The average molecular weight is 307 g/mol. The summed E-state index contributed by atoms with van der Waals surface area (Å²) in [6, 6.07) is 8.07. The number of nitrogens with zero attached hydrogens (tertiary/aromatic N) is 1. The normalized spacial score (nSPS) is 12.4. The molecule has 1 amide bonds. The van der Waals surface area contributed by atoms with Gasteiger partial charge in [0.2, 0.25) is 5.91 Å². The molecule has 1 aromatic carbocycles. The van der Waals surface area contributed by atoms with Crippen LogP contribution in [-0.2, 0) is 4.79 Å². The van der Waals surface area contributed by atoms with E-state index in [-0.39, 0.29) is 18.5 Å². The maximum absolute atomic E-state index is 13.2. The van der Waals surface area contributed by atoms with E-state index in [2.05, 4.69) is 5.32 Å². The Morgan fingerprint density at radius 3 is 2.90 bits per heavy atom. The lowest BCUT2D eigenvalue weighted by Crippen LogP contribution is -2.32. The summed E-state index contributed by atoms with van der Waals surface area (Å²) < 4.78 is 13.2. The van der Waals surface area contributed by atoms with Crippen LogP contribution in [0.5, 0.6) is 0 Å². The van der Waals surface area contributed by atoms with Gasteiger partial charge < -0.3 is 11.1 Å². The number of anilines is 2. The Hall–Kier alpha value is -1.92. The van der Waals surface area contributed by atoms with Crippen LogP contribution in [0.2, 0.25) is 0 Å². The number of likely N-dealkylation sites (N-methyl/N-ethyl adjacent to an activating group) is 1. The van der Waals surface area contributed by atoms with Crippen LogP contribution in [0, 0.1) is 5.82 Å². The second-order valence-electron chi connectivity index (χ2n) is 4.89. The van der Waals surface area contributed by atoms with Crippen LogP contribution in [0.1, 0.15) is 17.8 Å². The van der Waals surface area contributed by atoms with Crippen molar-refractivity contribution in [3.63, 3.8) is 0 Å². The summed E-state index contributed by atoms with van der Waals surface area (Å²) in [7, 11) is 1.87. The number of amides is 1. The molecule has 0 aliphatic rings. The van der Waals surface area contributed by atoms with Gasteiger partial charge in [0.05, 0.1) is 17.9 Å². The zero-order chi connectivity index (χ0) is 15.4. The molecule has 6 heteroatoms. The Morgan fingerprint density at radius 1 is 1.48 bits per heavy atom. The molecule has 3 N–H and O–H groups in total. The predicted molar refractivity (Wildman–Crippen MR) is 84.8 cm³/mol. The number of rotatable bonds is 5. The van der Waals surface area contributed by atoms with Crippen molar-refractivity contribution in [1.82, 2.24) is 4.90 Å². The minimum Gasteiger partial charge on any atom is -0.397 e. The third-order valence-corrected chi connectivity index (χ3v) is 4.34. The van der Waals surface area contributed by atoms with Crippen molar-refractivity contribution < 1.29 is 9.18 Å². The number of nitrogen functional groups attached to an aromatic ring is 1. The molecule has 0 bridgehead atoms. The second kappa shape index (κ2) is 6.69. The fourth-order valence-electron chi connectivity index (χ4n) is 1.94. The highest BCUT2D eigenvalue weighted by molar-refractivity contribution is 7.10. The third kappa shape index (κ3) is 4.03. The first-order valence-corrected chi connectivity index (χ1v) is 7.44. The van der Waals surface area contributed by atoms with Gasteiger partial charge in [0.25, 0.3) is 0 Å². The summed E-state index contributed by atoms with van der Waals surface area (Å²) in [5.41, 5.74) is 6.36. The Labute approximate surface area is 127 Å². The van der Waals surface area contributed by atoms with Crippen LogP contribution in [0.15, 0.2) is 35.7 Å². The van der Waals surface area contributed by atoms with Gasteiger partial charge in [-0.25, -0.2) is 4.39 Å². The quantitative estimate of drug-likeness (QED) is 0.835. The molecule has 0 saturated carbocycles. The van der Waals surface area contributed by atoms with E-state index in [0.29, 0.717) is 11.4 Å². The van der Waals surface area contributed by atoms with E-state index in [9.17, 15) is 9.18 Å². The molecule has 1 unspecified atom stereocenters. The smallest absolute Gasteiger partial charge is 0.238 e. The highest BCUT2D eigenvalue weighted by atomic mass is 32.1. The van der Waals surface area contributed by atoms with Gasteiger partial charge in [-0.15, -0.1) is 11.3 Å². The molecular formula is C15H18FN3OS. The molecule has 0 saturated heterocycles. The molecule has 2 rings (SSSR count). The van der Waals surface area contributed by atoms with E-state index in [1.807, 2.05) is 36.4 Å². The largest absolute Gasteiger partial charge is 0.397 e. The van der Waals surface area contributed by atoms with E-state index in [0.717, 1.165) is 0 Å². The van der Waals surface area contributed by atoms with Crippen LogP contribution >= 0.6 is 11.3 Å². The number of hydrogen-bond acceptors (Lipinski definition) is 4. The van der Waals surface area contributed by atoms with Crippen molar-refractivity contribution in [2.45, 2.75) is 13.0 Å². The van der Waals surface area contributed by atoms with Crippen molar-refractivity contribution in [3.8, 4) is 0 Å². The first-order valence-electron chi connectivity index (χ1n) is 6.56. The van der Waals surface area contributed by atoms with Gasteiger partial charge in [-0.3, -0.25) is 9.69 Å². The molecule has 0 radical (unpaired) electrons. The summed E-state index contributed by atoms with van der Waals surface area (Å²) in [5.74, 6) is -0.655. The van der Waals surface area contributed by atoms with E-state index in [4.69, 9.17) is 5.73 Å². The van der Waals surface area contributed by atoms with Gasteiger partial charge in [0.1, 0.15) is 5.82 Å². The monoisotopic (exact) mass is 307 g/mol. The first-order chi connectivity index (χ1) is 9.97. The number of hydrogen-bond donors (Lipinski definition) is 2. The number of halogens is 1. The molecule has 1 atom stereocenters. The predicted octanol–water partition coefficient (Wildman–Crippen LogP) is 3.10. The van der Waals surface area contributed by atoms with Crippen LogP contribution < -0.4 is 11.1 Å². The third-order valence-electron chi connectivity index (χ3n) is 3.30. The molecule has 0 aliphatic carbocycles. The standard InChI is InChI=1S/C15H18FN3OS/c1-10(14-4-3-7-21-14)19(2)9-15(20)18-13-8-11(16)5-6-12(13)17/h3-8,10H,9,17H2,1-2H3,(H,18,20). The molecule has 0 aliphatic heterocycles. The minimum absolute atomic E-state index is 0.139. The minimum atomic E-state index is -0.431.